The van der Waals surface area contributed by atoms with Crippen molar-refractivity contribution in [1.82, 2.24) is 14.1 Å². The molecule has 2 saturated heterocycles. The van der Waals surface area contributed by atoms with Crippen LogP contribution < -0.4 is 0 Å². The minimum absolute atomic E-state index is 0.138. The van der Waals surface area contributed by atoms with Crippen molar-refractivity contribution in [3.05, 3.63) is 42.2 Å². The summed E-state index contributed by atoms with van der Waals surface area (Å²) in [5.74, 6) is -1.57. The van der Waals surface area contributed by atoms with E-state index in [0.29, 0.717) is 25.9 Å². The number of carbonyl (C=O) groups is 2. The van der Waals surface area contributed by atoms with Crippen LogP contribution in [0.15, 0.2) is 41.3 Å². The molecule has 1 aromatic carbocycles. The fourth-order valence-electron chi connectivity index (χ4n) is 4.11. The van der Waals surface area contributed by atoms with Gasteiger partial charge >= 0.3 is 0 Å². The van der Waals surface area contributed by atoms with Crippen molar-refractivity contribution in [3.8, 4) is 0 Å². The third-order valence-corrected chi connectivity index (χ3v) is 7.66. The van der Waals surface area contributed by atoms with Crippen LogP contribution in [0.2, 0.25) is 0 Å². The summed E-state index contributed by atoms with van der Waals surface area (Å²) in [6.07, 6.45) is 5.09. The number of sulfonamides is 1. The van der Waals surface area contributed by atoms with Gasteiger partial charge in [-0.2, -0.15) is 4.31 Å². The minimum atomic E-state index is -3.91. The van der Waals surface area contributed by atoms with E-state index >= 15 is 0 Å². The minimum Gasteiger partial charge on any atom is -0.283 e. The van der Waals surface area contributed by atoms with Crippen LogP contribution in [0.25, 0.3) is 0 Å². The molecular weight excluding hydrogens is 385 g/mol. The van der Waals surface area contributed by atoms with E-state index in [0.717, 1.165) is 6.07 Å². The van der Waals surface area contributed by atoms with E-state index in [1.807, 2.05) is 17.1 Å². The van der Waals surface area contributed by atoms with Crippen LogP contribution in [0.1, 0.15) is 12.8 Å². The Morgan fingerprint density at radius 3 is 2.07 bits per heavy atom. The predicted molar refractivity (Wildman–Crippen MR) is 98.8 cm³/mol. The first-order chi connectivity index (χ1) is 13.4. The first-order valence-corrected chi connectivity index (χ1v) is 10.8. The highest BCUT2D eigenvalue weighted by molar-refractivity contribution is 7.89. The van der Waals surface area contributed by atoms with Gasteiger partial charge in [0.05, 0.1) is 18.5 Å². The molecule has 1 aromatic rings. The highest BCUT2D eigenvalue weighted by Gasteiger charge is 2.47. The van der Waals surface area contributed by atoms with Gasteiger partial charge in [-0.3, -0.25) is 19.4 Å². The summed E-state index contributed by atoms with van der Waals surface area (Å²) in [6, 6.07) is 5.32. The molecule has 0 radical (unpaired) electrons. The van der Waals surface area contributed by atoms with E-state index in [-0.39, 0.29) is 48.3 Å². The number of amides is 2. The average Bonchev–Trinajstić information content (AvgIpc) is 2.94. The average molecular weight is 407 g/mol. The van der Waals surface area contributed by atoms with Crippen LogP contribution in [0.4, 0.5) is 4.39 Å². The number of rotatable bonds is 4. The van der Waals surface area contributed by atoms with Gasteiger partial charge in [-0.25, -0.2) is 12.8 Å². The topological polar surface area (TPSA) is 78.0 Å². The molecule has 0 spiro atoms. The monoisotopic (exact) mass is 407 g/mol. The summed E-state index contributed by atoms with van der Waals surface area (Å²) in [5.41, 5.74) is 0. The van der Waals surface area contributed by atoms with Crippen LogP contribution >= 0.6 is 0 Å². The van der Waals surface area contributed by atoms with E-state index in [2.05, 4.69) is 0 Å². The van der Waals surface area contributed by atoms with Crippen LogP contribution in [0.3, 0.4) is 0 Å². The third kappa shape index (κ3) is 3.27. The summed E-state index contributed by atoms with van der Waals surface area (Å²) in [6.45, 7) is 1.29. The molecule has 0 N–H and O–H groups in total. The maximum Gasteiger partial charge on any atom is 0.246 e. The van der Waals surface area contributed by atoms with Gasteiger partial charge in [0.1, 0.15) is 10.7 Å². The number of hydrogen-bond donors (Lipinski definition) is 0. The van der Waals surface area contributed by atoms with Crippen LogP contribution in [-0.4, -0.2) is 67.2 Å². The number of halogens is 1. The summed E-state index contributed by atoms with van der Waals surface area (Å²) in [5, 5.41) is 0. The second kappa shape index (κ2) is 7.38. The smallest absolute Gasteiger partial charge is 0.246 e. The number of benzene rings is 1. The largest absolute Gasteiger partial charge is 0.283 e. The van der Waals surface area contributed by atoms with Crippen molar-refractivity contribution >= 4 is 21.8 Å². The molecule has 7 nitrogen and oxygen atoms in total. The molecule has 0 aromatic heterocycles. The summed E-state index contributed by atoms with van der Waals surface area (Å²) in [7, 11) is -3.91. The lowest BCUT2D eigenvalue weighted by molar-refractivity contribution is -0.142. The van der Waals surface area contributed by atoms with Crippen molar-refractivity contribution in [3.63, 3.8) is 0 Å². The molecule has 150 valence electrons. The lowest BCUT2D eigenvalue weighted by atomic mass is 9.85. The molecule has 2 heterocycles. The van der Waals surface area contributed by atoms with Gasteiger partial charge < -0.3 is 0 Å². The van der Waals surface area contributed by atoms with Crippen molar-refractivity contribution in [2.24, 2.45) is 11.8 Å². The van der Waals surface area contributed by atoms with Crippen molar-refractivity contribution in [1.29, 1.82) is 0 Å². The van der Waals surface area contributed by atoms with E-state index in [1.54, 1.807) is 0 Å². The van der Waals surface area contributed by atoms with Gasteiger partial charge in [-0.05, 0) is 25.0 Å². The Balaban J connectivity index is 1.39. The summed E-state index contributed by atoms with van der Waals surface area (Å²) >= 11 is 0. The van der Waals surface area contributed by atoms with Gasteiger partial charge in [-0.15, -0.1) is 0 Å². The van der Waals surface area contributed by atoms with Gasteiger partial charge in [0.15, 0.2) is 0 Å². The number of imide groups is 1. The second-order valence-corrected chi connectivity index (χ2v) is 9.26. The summed E-state index contributed by atoms with van der Waals surface area (Å²) < 4.78 is 40.5. The first-order valence-electron chi connectivity index (χ1n) is 9.37. The molecule has 2 fully saturated rings. The van der Waals surface area contributed by atoms with E-state index < -0.39 is 15.8 Å². The van der Waals surface area contributed by atoms with Crippen molar-refractivity contribution in [2.75, 3.05) is 32.8 Å². The molecule has 3 aliphatic rings. The number of fused-ring (bicyclic) bond motifs is 1. The Morgan fingerprint density at radius 1 is 0.929 bits per heavy atom. The molecule has 28 heavy (non-hydrogen) atoms. The highest BCUT2D eigenvalue weighted by atomic mass is 32.2. The summed E-state index contributed by atoms with van der Waals surface area (Å²) in [4.78, 5) is 28.0. The standard InChI is InChI=1S/C19H22FN3O4S/c20-16-7-3-4-8-17(16)28(26,27)22-11-9-21(10-12-22)13-23-18(24)14-5-1-2-6-15(14)19(23)25/h1-4,7-8,14-15H,5-6,9-13H2/t14-,15-/m0/s1. The number of carbonyl (C=O) groups excluding carboxylic acids is 2. The zero-order chi connectivity index (χ0) is 19.9. The highest BCUT2D eigenvalue weighted by Crippen LogP contribution is 2.35. The zero-order valence-corrected chi connectivity index (χ0v) is 16.1. The quantitative estimate of drug-likeness (QED) is 0.551. The maximum atomic E-state index is 13.9. The molecule has 2 aliphatic heterocycles. The van der Waals surface area contributed by atoms with E-state index in [4.69, 9.17) is 0 Å². The lowest BCUT2D eigenvalue weighted by Gasteiger charge is -2.35. The van der Waals surface area contributed by atoms with E-state index in [1.165, 1.54) is 27.4 Å². The first kappa shape index (κ1) is 19.2. The number of likely N-dealkylation sites (tertiary alicyclic amines) is 1. The fraction of sp³-hybridized carbons (Fsp3) is 0.474. The zero-order valence-electron chi connectivity index (χ0n) is 15.3. The Morgan fingerprint density at radius 2 is 1.50 bits per heavy atom. The maximum absolute atomic E-state index is 13.9. The third-order valence-electron chi connectivity index (χ3n) is 5.73. The molecule has 2 atom stereocenters. The molecule has 2 amide bonds. The van der Waals surface area contributed by atoms with Crippen molar-refractivity contribution < 1.29 is 22.4 Å². The Labute approximate surface area is 163 Å². The number of nitrogens with zero attached hydrogens (tertiary/aromatic N) is 3. The fourth-order valence-corrected chi connectivity index (χ4v) is 5.60. The van der Waals surface area contributed by atoms with Gasteiger partial charge in [0, 0.05) is 26.2 Å². The molecule has 1 aliphatic carbocycles. The van der Waals surface area contributed by atoms with Gasteiger partial charge in [0.2, 0.25) is 21.8 Å². The number of hydrogen-bond acceptors (Lipinski definition) is 5. The normalized spacial score (nSPS) is 26.7. The SMILES string of the molecule is O=C1[C@H]2CC=CC[C@@H]2C(=O)N1CN1CCN(S(=O)(=O)c2ccccc2F)CC1. The number of piperazine rings is 1. The lowest BCUT2D eigenvalue weighted by Crippen LogP contribution is -2.52. The Hall–Kier alpha value is -2.10. The van der Waals surface area contributed by atoms with Crippen molar-refractivity contribution in [2.45, 2.75) is 17.7 Å². The van der Waals surface area contributed by atoms with Gasteiger partial charge in [0.25, 0.3) is 0 Å². The molecule has 0 unspecified atom stereocenters. The molecular formula is C19H22FN3O4S. The number of allylic oxidation sites excluding steroid dienone is 2. The molecule has 0 saturated carbocycles. The Bertz CT molecular complexity index is 899. The van der Waals surface area contributed by atoms with E-state index in [9.17, 15) is 22.4 Å². The molecule has 4 rings (SSSR count). The van der Waals surface area contributed by atoms with Crippen LogP contribution in [0, 0.1) is 17.7 Å². The predicted octanol–water partition coefficient (Wildman–Crippen LogP) is 1.04. The second-order valence-electron chi connectivity index (χ2n) is 7.35. The molecule has 0 bridgehead atoms. The van der Waals surface area contributed by atoms with Crippen LogP contribution in [-0.2, 0) is 19.6 Å². The molecule has 9 heteroatoms. The van der Waals surface area contributed by atoms with Crippen LogP contribution in [0.5, 0.6) is 0 Å². The van der Waals surface area contributed by atoms with Gasteiger partial charge in [-0.1, -0.05) is 24.3 Å². The Kier molecular flexibility index (Phi) is 5.07.